The molecular formula is C20H15F2N3O2. The highest BCUT2D eigenvalue weighted by Gasteiger charge is 2.09. The molecule has 2 aromatic heterocycles. The first-order chi connectivity index (χ1) is 13.1. The number of aromatic amines is 2. The summed E-state index contributed by atoms with van der Waals surface area (Å²) in [6.45, 7) is -2.88. The molecule has 0 spiro atoms. The van der Waals surface area contributed by atoms with E-state index in [0.29, 0.717) is 17.5 Å². The summed E-state index contributed by atoms with van der Waals surface area (Å²) in [5.74, 6) is 0.0692. The van der Waals surface area contributed by atoms with Crippen molar-refractivity contribution in [2.75, 3.05) is 0 Å². The van der Waals surface area contributed by atoms with E-state index in [2.05, 4.69) is 19.9 Å². The molecule has 0 aliphatic carbocycles. The molecule has 0 radical (unpaired) electrons. The molecular weight excluding hydrogens is 352 g/mol. The molecule has 0 bridgehead atoms. The maximum atomic E-state index is 12.4. The molecule has 0 amide bonds. The summed E-state index contributed by atoms with van der Waals surface area (Å²) < 4.78 is 29.2. The van der Waals surface area contributed by atoms with Gasteiger partial charge in [0.2, 0.25) is 0 Å². The van der Waals surface area contributed by atoms with Gasteiger partial charge >= 0.3 is 6.61 Å². The third kappa shape index (κ3) is 3.72. The molecule has 0 atom stereocenters. The van der Waals surface area contributed by atoms with Gasteiger partial charge in [-0.2, -0.15) is 13.9 Å². The van der Waals surface area contributed by atoms with Gasteiger partial charge < -0.3 is 9.72 Å². The summed E-state index contributed by atoms with van der Waals surface area (Å²) in [4.78, 5) is 15.0. The van der Waals surface area contributed by atoms with Crippen LogP contribution in [0, 0.1) is 0 Å². The fraction of sp³-hybridized carbons (Fsp3) is 0.100. The van der Waals surface area contributed by atoms with E-state index < -0.39 is 6.61 Å². The van der Waals surface area contributed by atoms with Crippen LogP contribution >= 0.6 is 0 Å². The highest BCUT2D eigenvalue weighted by molar-refractivity contribution is 5.83. The number of pyridine rings is 1. The van der Waals surface area contributed by atoms with E-state index in [0.717, 1.165) is 22.0 Å². The molecule has 0 aliphatic heterocycles. The number of nitrogens with one attached hydrogen (secondary N) is 2. The minimum atomic E-state index is -2.88. The zero-order valence-corrected chi connectivity index (χ0v) is 14.1. The van der Waals surface area contributed by atoms with E-state index in [1.807, 2.05) is 18.2 Å². The van der Waals surface area contributed by atoms with Gasteiger partial charge in [-0.25, -0.2) is 0 Å². The van der Waals surface area contributed by atoms with Crippen LogP contribution in [0.25, 0.3) is 22.0 Å². The number of hydrogen-bond donors (Lipinski definition) is 2. The van der Waals surface area contributed by atoms with Gasteiger partial charge in [-0.3, -0.25) is 9.89 Å². The molecule has 5 nitrogen and oxygen atoms in total. The van der Waals surface area contributed by atoms with Crippen molar-refractivity contribution in [2.24, 2.45) is 0 Å². The Kier molecular flexibility index (Phi) is 4.42. The van der Waals surface area contributed by atoms with Crippen LogP contribution in [0.3, 0.4) is 0 Å². The lowest BCUT2D eigenvalue weighted by Gasteiger charge is -2.08. The Bertz CT molecular complexity index is 1150. The first kappa shape index (κ1) is 17.0. The molecule has 2 N–H and O–H groups in total. The second kappa shape index (κ2) is 7.03. The summed E-state index contributed by atoms with van der Waals surface area (Å²) in [6.07, 6.45) is 3.70. The molecule has 0 fully saturated rings. The standard InChI is InChI=1S/C20H15F2N3O2/c21-20(22)27-17-3-1-2-12(7-17)6-15-8-16(10-23-19(15)26)13-4-5-14-11-24-25-18(14)9-13/h1-5,7-11,20H,6H2,(H,23,26)(H,24,25). The van der Waals surface area contributed by atoms with Crippen molar-refractivity contribution < 1.29 is 13.5 Å². The van der Waals surface area contributed by atoms with Gasteiger partial charge in [0.1, 0.15) is 5.75 Å². The fourth-order valence-corrected chi connectivity index (χ4v) is 3.00. The largest absolute Gasteiger partial charge is 0.435 e. The lowest BCUT2D eigenvalue weighted by Crippen LogP contribution is -2.12. The van der Waals surface area contributed by atoms with Gasteiger partial charge in [-0.15, -0.1) is 0 Å². The van der Waals surface area contributed by atoms with Gasteiger partial charge in [-0.05, 0) is 41.0 Å². The maximum Gasteiger partial charge on any atom is 0.387 e. The number of nitrogens with zero attached hydrogens (tertiary/aromatic N) is 1. The van der Waals surface area contributed by atoms with Crippen molar-refractivity contribution in [1.29, 1.82) is 0 Å². The minimum Gasteiger partial charge on any atom is -0.435 e. The minimum absolute atomic E-state index is 0.0692. The van der Waals surface area contributed by atoms with Crippen LogP contribution in [0.4, 0.5) is 8.78 Å². The van der Waals surface area contributed by atoms with Crippen molar-refractivity contribution in [1.82, 2.24) is 15.2 Å². The highest BCUT2D eigenvalue weighted by Crippen LogP contribution is 2.24. The first-order valence-electron chi connectivity index (χ1n) is 8.27. The third-order valence-corrected chi connectivity index (χ3v) is 4.27. The predicted octanol–water partition coefficient (Wildman–Crippen LogP) is 4.11. The molecule has 2 heterocycles. The van der Waals surface area contributed by atoms with Gasteiger partial charge in [0.05, 0.1) is 11.7 Å². The Labute approximate surface area is 152 Å². The predicted molar refractivity (Wildman–Crippen MR) is 98.0 cm³/mol. The Hall–Kier alpha value is -3.48. The Morgan fingerprint density at radius 1 is 1.07 bits per heavy atom. The van der Waals surface area contributed by atoms with Crippen LogP contribution in [0.2, 0.25) is 0 Å². The van der Waals surface area contributed by atoms with Crippen molar-refractivity contribution >= 4 is 10.9 Å². The van der Waals surface area contributed by atoms with Crippen LogP contribution in [0.1, 0.15) is 11.1 Å². The third-order valence-electron chi connectivity index (χ3n) is 4.27. The van der Waals surface area contributed by atoms with Gasteiger partial charge in [-0.1, -0.05) is 24.3 Å². The highest BCUT2D eigenvalue weighted by atomic mass is 19.3. The lowest BCUT2D eigenvalue weighted by molar-refractivity contribution is -0.0498. The number of alkyl halides is 2. The molecule has 0 unspecified atom stereocenters. The lowest BCUT2D eigenvalue weighted by atomic mass is 10.0. The number of halogens is 2. The van der Waals surface area contributed by atoms with Crippen molar-refractivity contribution in [3.8, 4) is 16.9 Å². The molecule has 0 saturated heterocycles. The van der Waals surface area contributed by atoms with Gasteiger partial charge in [0.15, 0.2) is 0 Å². The first-order valence-corrected chi connectivity index (χ1v) is 8.27. The topological polar surface area (TPSA) is 70.8 Å². The SMILES string of the molecule is O=c1[nH]cc(-c2ccc3cn[nH]c3c2)cc1Cc1cccc(OC(F)F)c1. The van der Waals surface area contributed by atoms with Crippen LogP contribution in [-0.4, -0.2) is 21.8 Å². The number of benzene rings is 2. The molecule has 0 saturated carbocycles. The average Bonchev–Trinajstić information content (AvgIpc) is 3.11. The Morgan fingerprint density at radius 2 is 1.96 bits per heavy atom. The molecule has 136 valence electrons. The average molecular weight is 367 g/mol. The normalized spacial score (nSPS) is 11.2. The molecule has 4 rings (SSSR count). The van der Waals surface area contributed by atoms with Crippen LogP contribution in [0.5, 0.6) is 5.75 Å². The molecule has 7 heteroatoms. The smallest absolute Gasteiger partial charge is 0.387 e. The molecule has 27 heavy (non-hydrogen) atoms. The summed E-state index contributed by atoms with van der Waals surface area (Å²) in [5.41, 5.74) is 3.70. The van der Waals surface area contributed by atoms with Crippen LogP contribution in [0.15, 0.2) is 65.7 Å². The van der Waals surface area contributed by atoms with E-state index in [4.69, 9.17) is 0 Å². The van der Waals surface area contributed by atoms with E-state index in [1.165, 1.54) is 12.1 Å². The second-order valence-corrected chi connectivity index (χ2v) is 6.12. The number of rotatable bonds is 5. The van der Waals surface area contributed by atoms with Crippen LogP contribution in [-0.2, 0) is 6.42 Å². The fourth-order valence-electron chi connectivity index (χ4n) is 3.00. The molecule has 0 aliphatic rings. The number of hydrogen-bond acceptors (Lipinski definition) is 3. The van der Waals surface area contributed by atoms with Crippen molar-refractivity contribution in [2.45, 2.75) is 13.0 Å². The molecule has 4 aromatic rings. The van der Waals surface area contributed by atoms with Gasteiger partial charge in [0.25, 0.3) is 5.56 Å². The maximum absolute atomic E-state index is 12.4. The van der Waals surface area contributed by atoms with Crippen LogP contribution < -0.4 is 10.3 Å². The summed E-state index contributed by atoms with van der Waals surface area (Å²) in [6, 6.07) is 14.0. The number of H-pyrrole nitrogens is 2. The molecule has 2 aromatic carbocycles. The zero-order valence-electron chi connectivity index (χ0n) is 14.1. The number of aromatic nitrogens is 3. The van der Waals surface area contributed by atoms with Gasteiger partial charge in [0, 0.05) is 23.6 Å². The zero-order chi connectivity index (χ0) is 18.8. The quantitative estimate of drug-likeness (QED) is 0.558. The summed E-state index contributed by atoms with van der Waals surface area (Å²) >= 11 is 0. The summed E-state index contributed by atoms with van der Waals surface area (Å²) in [5, 5.41) is 7.92. The van der Waals surface area contributed by atoms with Crippen molar-refractivity contribution in [3.05, 3.63) is 82.4 Å². The Balaban J connectivity index is 1.65. The summed E-state index contributed by atoms with van der Waals surface area (Å²) in [7, 11) is 0. The monoisotopic (exact) mass is 367 g/mol. The van der Waals surface area contributed by atoms with E-state index in [9.17, 15) is 13.6 Å². The second-order valence-electron chi connectivity index (χ2n) is 6.12. The van der Waals surface area contributed by atoms with E-state index in [1.54, 1.807) is 30.6 Å². The Morgan fingerprint density at radius 3 is 2.81 bits per heavy atom. The van der Waals surface area contributed by atoms with E-state index in [-0.39, 0.29) is 11.3 Å². The number of ether oxygens (including phenoxy) is 1. The van der Waals surface area contributed by atoms with Crippen molar-refractivity contribution in [3.63, 3.8) is 0 Å². The number of fused-ring (bicyclic) bond motifs is 1. The van der Waals surface area contributed by atoms with E-state index >= 15 is 0 Å².